The minimum Gasteiger partial charge on any atom is -0.444 e. The minimum atomic E-state index is -0.546. The smallest absolute Gasteiger partial charge is 0.407 e. The summed E-state index contributed by atoms with van der Waals surface area (Å²) in [6, 6.07) is 1.74. The number of rotatable bonds is 2. The normalized spacial score (nSPS) is 20.2. The molecule has 0 radical (unpaired) electrons. The summed E-state index contributed by atoms with van der Waals surface area (Å²) in [7, 11) is 0. The van der Waals surface area contributed by atoms with Crippen LogP contribution in [0.4, 0.5) is 4.79 Å². The molecule has 18 heavy (non-hydrogen) atoms. The van der Waals surface area contributed by atoms with Gasteiger partial charge in [-0.05, 0) is 27.2 Å². The number of piperidine rings is 1. The zero-order chi connectivity index (χ0) is 13.8. The summed E-state index contributed by atoms with van der Waals surface area (Å²) in [5.41, 5.74) is -0.546. The number of ether oxygens (including phenoxy) is 1. The van der Waals surface area contributed by atoms with Crippen molar-refractivity contribution in [3.8, 4) is 6.07 Å². The molecule has 0 saturated carbocycles. The summed E-state index contributed by atoms with van der Waals surface area (Å²) < 4.78 is 5.12. The van der Waals surface area contributed by atoms with E-state index in [2.05, 4.69) is 5.32 Å². The molecule has 100 valence electrons. The number of likely N-dealkylation sites (tertiary alicyclic amines) is 1. The van der Waals surface area contributed by atoms with Crippen LogP contribution in [-0.4, -0.2) is 41.6 Å². The molecule has 6 heteroatoms. The highest BCUT2D eigenvalue weighted by Crippen LogP contribution is 2.13. The highest BCUT2D eigenvalue weighted by atomic mass is 16.6. The molecule has 6 nitrogen and oxygen atoms in total. The first-order valence-electron chi connectivity index (χ1n) is 5.96. The van der Waals surface area contributed by atoms with E-state index in [1.165, 1.54) is 4.90 Å². The average molecular weight is 253 g/mol. The third-order valence-corrected chi connectivity index (χ3v) is 2.50. The molecule has 0 aromatic rings. The fourth-order valence-electron chi connectivity index (χ4n) is 1.73. The van der Waals surface area contributed by atoms with Gasteiger partial charge in [-0.25, -0.2) is 4.79 Å². The molecule has 0 aromatic carbocycles. The van der Waals surface area contributed by atoms with E-state index in [0.717, 1.165) is 0 Å². The summed E-state index contributed by atoms with van der Waals surface area (Å²) in [6.45, 7) is 5.96. The van der Waals surface area contributed by atoms with Crippen molar-refractivity contribution < 1.29 is 14.3 Å². The lowest BCUT2D eigenvalue weighted by Gasteiger charge is -2.31. The van der Waals surface area contributed by atoms with Crippen molar-refractivity contribution >= 4 is 12.0 Å². The van der Waals surface area contributed by atoms with Gasteiger partial charge in [0.05, 0.1) is 6.07 Å². The third kappa shape index (κ3) is 4.62. The maximum atomic E-state index is 11.6. The highest BCUT2D eigenvalue weighted by Gasteiger charge is 2.27. The van der Waals surface area contributed by atoms with Gasteiger partial charge in [0.1, 0.15) is 12.1 Å². The van der Waals surface area contributed by atoms with Gasteiger partial charge in [0.2, 0.25) is 5.91 Å². The van der Waals surface area contributed by atoms with Gasteiger partial charge in [0, 0.05) is 19.0 Å². The number of carbonyl (C=O) groups excluding carboxylic acids is 2. The van der Waals surface area contributed by atoms with Crippen LogP contribution in [0.25, 0.3) is 0 Å². The van der Waals surface area contributed by atoms with Gasteiger partial charge in [-0.1, -0.05) is 0 Å². The van der Waals surface area contributed by atoms with Gasteiger partial charge in [-0.15, -0.1) is 0 Å². The zero-order valence-corrected chi connectivity index (χ0v) is 11.0. The predicted molar refractivity (Wildman–Crippen MR) is 64.6 cm³/mol. The Balaban J connectivity index is 2.41. The number of hydrogen-bond acceptors (Lipinski definition) is 4. The van der Waals surface area contributed by atoms with Crippen LogP contribution in [0, 0.1) is 11.3 Å². The van der Waals surface area contributed by atoms with Crippen molar-refractivity contribution in [1.82, 2.24) is 10.2 Å². The zero-order valence-electron chi connectivity index (χ0n) is 11.0. The number of amides is 2. The Bertz CT molecular complexity index is 368. The molecule has 1 aliphatic heterocycles. The van der Waals surface area contributed by atoms with Gasteiger partial charge in [-0.3, -0.25) is 4.79 Å². The Morgan fingerprint density at radius 2 is 2.28 bits per heavy atom. The molecule has 0 aromatic heterocycles. The Morgan fingerprint density at radius 1 is 1.61 bits per heavy atom. The molecule has 1 heterocycles. The van der Waals surface area contributed by atoms with Gasteiger partial charge >= 0.3 is 6.09 Å². The standard InChI is InChI=1S/C12H19N3O3/c1-12(2,3)18-11(17)14-9-4-6-15(7-5-13)10(16)8-9/h9H,4,6-8H2,1-3H3,(H,14,17). The molecule has 1 aliphatic rings. The van der Waals surface area contributed by atoms with Crippen LogP contribution in [-0.2, 0) is 9.53 Å². The molecule has 1 N–H and O–H groups in total. The Morgan fingerprint density at radius 3 is 2.78 bits per heavy atom. The van der Waals surface area contributed by atoms with E-state index >= 15 is 0 Å². The molecule has 0 spiro atoms. The third-order valence-electron chi connectivity index (χ3n) is 2.50. The number of carbonyl (C=O) groups is 2. The van der Waals surface area contributed by atoms with Crippen molar-refractivity contribution in [3.05, 3.63) is 0 Å². The molecular weight excluding hydrogens is 234 g/mol. The molecule has 0 aliphatic carbocycles. The lowest BCUT2D eigenvalue weighted by Crippen LogP contribution is -2.48. The maximum absolute atomic E-state index is 11.6. The van der Waals surface area contributed by atoms with Crippen LogP contribution in [0.1, 0.15) is 33.6 Å². The SMILES string of the molecule is CC(C)(C)OC(=O)NC1CCN(CC#N)C(=O)C1. The number of hydrogen-bond donors (Lipinski definition) is 1. The van der Waals surface area contributed by atoms with Gasteiger partial charge in [0.15, 0.2) is 0 Å². The summed E-state index contributed by atoms with van der Waals surface area (Å²) in [6.07, 6.45) is 0.363. The van der Waals surface area contributed by atoms with Crippen molar-refractivity contribution in [2.45, 2.75) is 45.3 Å². The van der Waals surface area contributed by atoms with Gasteiger partial charge in [-0.2, -0.15) is 5.26 Å². The number of nitrogens with zero attached hydrogens (tertiary/aromatic N) is 2. The molecule has 2 amide bonds. The van der Waals surface area contributed by atoms with Crippen molar-refractivity contribution in [3.63, 3.8) is 0 Å². The summed E-state index contributed by atoms with van der Waals surface area (Å²) in [5, 5.41) is 11.2. The quantitative estimate of drug-likeness (QED) is 0.745. The van der Waals surface area contributed by atoms with E-state index in [9.17, 15) is 9.59 Å². The van der Waals surface area contributed by atoms with Crippen LogP contribution >= 0.6 is 0 Å². The fourth-order valence-corrected chi connectivity index (χ4v) is 1.73. The van der Waals surface area contributed by atoms with Crippen LogP contribution in [0.3, 0.4) is 0 Å². The van der Waals surface area contributed by atoms with E-state index in [1.54, 1.807) is 20.8 Å². The lowest BCUT2D eigenvalue weighted by molar-refractivity contribution is -0.133. The number of nitrogens with one attached hydrogen (secondary N) is 1. The molecule has 1 unspecified atom stereocenters. The van der Waals surface area contributed by atoms with E-state index in [1.807, 2.05) is 6.07 Å². The minimum absolute atomic E-state index is 0.108. The fraction of sp³-hybridized carbons (Fsp3) is 0.750. The molecule has 1 rings (SSSR count). The highest BCUT2D eigenvalue weighted by molar-refractivity contribution is 5.79. The van der Waals surface area contributed by atoms with E-state index in [0.29, 0.717) is 13.0 Å². The molecular formula is C12H19N3O3. The van der Waals surface area contributed by atoms with Gasteiger partial charge in [0.25, 0.3) is 0 Å². The Hall–Kier alpha value is -1.77. The molecule has 1 atom stereocenters. The van der Waals surface area contributed by atoms with E-state index in [4.69, 9.17) is 10.00 Å². The number of alkyl carbamates (subject to hydrolysis) is 1. The first-order valence-corrected chi connectivity index (χ1v) is 5.96. The van der Waals surface area contributed by atoms with Crippen LogP contribution in [0.5, 0.6) is 0 Å². The van der Waals surface area contributed by atoms with Crippen LogP contribution in [0.2, 0.25) is 0 Å². The second kappa shape index (κ2) is 5.71. The van der Waals surface area contributed by atoms with Crippen molar-refractivity contribution in [2.24, 2.45) is 0 Å². The van der Waals surface area contributed by atoms with Crippen LogP contribution < -0.4 is 5.32 Å². The molecule has 1 fully saturated rings. The second-order valence-electron chi connectivity index (χ2n) is 5.31. The summed E-state index contributed by atoms with van der Waals surface area (Å²) in [4.78, 5) is 24.7. The Kier molecular flexibility index (Phi) is 4.54. The molecule has 0 bridgehead atoms. The Labute approximate surface area is 107 Å². The van der Waals surface area contributed by atoms with Crippen molar-refractivity contribution in [2.75, 3.05) is 13.1 Å². The van der Waals surface area contributed by atoms with Gasteiger partial charge < -0.3 is 15.0 Å². The molecule has 1 saturated heterocycles. The van der Waals surface area contributed by atoms with E-state index in [-0.39, 0.29) is 24.9 Å². The second-order valence-corrected chi connectivity index (χ2v) is 5.31. The number of nitriles is 1. The largest absolute Gasteiger partial charge is 0.444 e. The van der Waals surface area contributed by atoms with E-state index < -0.39 is 11.7 Å². The topological polar surface area (TPSA) is 82.4 Å². The predicted octanol–water partition coefficient (Wildman–Crippen LogP) is 1.03. The first kappa shape index (κ1) is 14.3. The average Bonchev–Trinajstić information content (AvgIpc) is 2.19. The summed E-state index contributed by atoms with van der Waals surface area (Å²) in [5.74, 6) is -0.108. The maximum Gasteiger partial charge on any atom is 0.407 e. The van der Waals surface area contributed by atoms with Crippen molar-refractivity contribution in [1.29, 1.82) is 5.26 Å². The first-order chi connectivity index (χ1) is 8.31. The van der Waals surface area contributed by atoms with Crippen LogP contribution in [0.15, 0.2) is 0 Å². The lowest BCUT2D eigenvalue weighted by atomic mass is 10.0. The monoisotopic (exact) mass is 253 g/mol. The summed E-state index contributed by atoms with van der Waals surface area (Å²) >= 11 is 0.